The summed E-state index contributed by atoms with van der Waals surface area (Å²) >= 11 is 0. The van der Waals surface area contributed by atoms with Crippen LogP contribution >= 0.6 is 24.0 Å². The molecule has 162 valence electrons. The number of guanidine groups is 1. The molecule has 3 rings (SSSR count). The van der Waals surface area contributed by atoms with Crippen molar-refractivity contribution in [2.24, 2.45) is 4.99 Å². The van der Waals surface area contributed by atoms with E-state index in [2.05, 4.69) is 56.7 Å². The van der Waals surface area contributed by atoms with Crippen LogP contribution in [0.4, 0.5) is 0 Å². The summed E-state index contributed by atoms with van der Waals surface area (Å²) in [5, 5.41) is 18.3. The summed E-state index contributed by atoms with van der Waals surface area (Å²) in [5.41, 5.74) is 2.05. The van der Waals surface area contributed by atoms with E-state index in [4.69, 9.17) is 4.74 Å². The topological polar surface area (TPSA) is 70.8 Å². The Labute approximate surface area is 195 Å². The second-order valence-electron chi connectivity index (χ2n) is 6.86. The van der Waals surface area contributed by atoms with Crippen molar-refractivity contribution in [3.63, 3.8) is 0 Å². The summed E-state index contributed by atoms with van der Waals surface area (Å²) in [6.07, 6.45) is 2.43. The summed E-state index contributed by atoms with van der Waals surface area (Å²) in [6, 6.07) is 18.0. The molecule has 3 N–H and O–H groups in total. The van der Waals surface area contributed by atoms with Gasteiger partial charge >= 0.3 is 0 Å². The predicted molar refractivity (Wildman–Crippen MR) is 134 cm³/mol. The van der Waals surface area contributed by atoms with Crippen molar-refractivity contribution in [1.82, 2.24) is 15.2 Å². The summed E-state index contributed by atoms with van der Waals surface area (Å²) in [4.78, 5) is 4.53. The molecule has 1 heterocycles. The van der Waals surface area contributed by atoms with Gasteiger partial charge in [-0.1, -0.05) is 30.3 Å². The number of aliphatic hydroxyl groups is 1. The zero-order chi connectivity index (χ0) is 20.5. The number of nitrogens with zero attached hydrogens (tertiary/aromatic N) is 2. The third-order valence-corrected chi connectivity index (χ3v) is 4.79. The van der Waals surface area contributed by atoms with Crippen LogP contribution in [0.5, 0.6) is 5.75 Å². The molecule has 1 aromatic heterocycles. The van der Waals surface area contributed by atoms with Crippen molar-refractivity contribution in [3.8, 4) is 5.75 Å². The summed E-state index contributed by atoms with van der Waals surface area (Å²) < 4.78 is 7.49. The number of nitrogens with one attached hydrogen (secondary N) is 2. The van der Waals surface area contributed by atoms with Gasteiger partial charge in [-0.15, -0.1) is 24.0 Å². The van der Waals surface area contributed by atoms with E-state index >= 15 is 0 Å². The number of hydrogen-bond donors (Lipinski definition) is 3. The van der Waals surface area contributed by atoms with Crippen molar-refractivity contribution in [1.29, 1.82) is 0 Å². The van der Waals surface area contributed by atoms with Gasteiger partial charge in [0.05, 0.1) is 19.8 Å². The lowest BCUT2D eigenvalue weighted by molar-refractivity contribution is 0.186. The van der Waals surface area contributed by atoms with Crippen molar-refractivity contribution >= 4 is 40.8 Å². The van der Waals surface area contributed by atoms with E-state index in [1.807, 2.05) is 31.2 Å². The minimum absolute atomic E-state index is 0. The second kappa shape index (κ2) is 12.4. The highest BCUT2D eigenvalue weighted by Gasteiger charge is 2.08. The lowest BCUT2D eigenvalue weighted by Crippen LogP contribution is -2.38. The first-order valence-electron chi connectivity index (χ1n) is 10.1. The van der Waals surface area contributed by atoms with Gasteiger partial charge in [-0.05, 0) is 48.6 Å². The molecule has 0 aliphatic rings. The SMILES string of the molecule is CCNC(=NCC(O)c1cccc(OC)c1)NCCCn1ccc2ccccc21.I. The number of aryl methyl sites for hydroxylation is 1. The molecule has 0 radical (unpaired) electrons. The lowest BCUT2D eigenvalue weighted by Gasteiger charge is -2.14. The number of aliphatic imine (C=N–C) groups is 1. The molecule has 1 atom stereocenters. The molecule has 3 aromatic rings. The number of para-hydroxylation sites is 1. The molecule has 0 fully saturated rings. The Morgan fingerprint density at radius 2 is 1.97 bits per heavy atom. The number of aromatic nitrogens is 1. The van der Waals surface area contributed by atoms with Gasteiger partial charge in [-0.25, -0.2) is 0 Å². The first-order chi connectivity index (χ1) is 14.2. The van der Waals surface area contributed by atoms with Crippen LogP contribution in [0.25, 0.3) is 10.9 Å². The zero-order valence-electron chi connectivity index (χ0n) is 17.5. The van der Waals surface area contributed by atoms with Crippen molar-refractivity contribution < 1.29 is 9.84 Å². The van der Waals surface area contributed by atoms with Crippen LogP contribution in [0.1, 0.15) is 25.0 Å². The summed E-state index contributed by atoms with van der Waals surface area (Å²) in [7, 11) is 1.62. The molecule has 30 heavy (non-hydrogen) atoms. The number of aliphatic hydroxyl groups excluding tert-OH is 1. The number of rotatable bonds is 9. The normalized spacial score (nSPS) is 12.3. The van der Waals surface area contributed by atoms with E-state index in [0.717, 1.165) is 37.4 Å². The molecule has 0 saturated carbocycles. The fraction of sp³-hybridized carbons (Fsp3) is 0.348. The number of methoxy groups -OCH3 is 1. The van der Waals surface area contributed by atoms with Crippen molar-refractivity contribution in [2.45, 2.75) is 26.0 Å². The molecular weight excluding hydrogens is 491 g/mol. The molecule has 2 aromatic carbocycles. The van der Waals surface area contributed by atoms with Crippen LogP contribution in [0.3, 0.4) is 0 Å². The van der Waals surface area contributed by atoms with E-state index in [-0.39, 0.29) is 30.5 Å². The quantitative estimate of drug-likeness (QED) is 0.172. The van der Waals surface area contributed by atoms with Crippen LogP contribution in [0.15, 0.2) is 65.8 Å². The van der Waals surface area contributed by atoms with E-state index in [1.54, 1.807) is 7.11 Å². The van der Waals surface area contributed by atoms with Gasteiger partial charge < -0.3 is 25.0 Å². The first kappa shape index (κ1) is 24.0. The molecule has 0 spiro atoms. The Morgan fingerprint density at radius 1 is 1.13 bits per heavy atom. The van der Waals surface area contributed by atoms with Crippen molar-refractivity contribution in [3.05, 3.63) is 66.4 Å². The number of hydrogen-bond acceptors (Lipinski definition) is 3. The Hall–Kier alpha value is -2.26. The van der Waals surface area contributed by atoms with Gasteiger partial charge in [0.15, 0.2) is 5.96 Å². The summed E-state index contributed by atoms with van der Waals surface area (Å²) in [5.74, 6) is 1.44. The van der Waals surface area contributed by atoms with Gasteiger partial charge in [0, 0.05) is 31.3 Å². The average Bonchev–Trinajstić information content (AvgIpc) is 3.17. The Kier molecular flexibility index (Phi) is 9.96. The van der Waals surface area contributed by atoms with Crippen LogP contribution in [-0.4, -0.2) is 42.4 Å². The highest BCUT2D eigenvalue weighted by atomic mass is 127. The maximum absolute atomic E-state index is 10.4. The average molecular weight is 522 g/mol. The van der Waals surface area contributed by atoms with E-state index in [0.29, 0.717) is 5.96 Å². The number of halogens is 1. The largest absolute Gasteiger partial charge is 0.497 e. The minimum atomic E-state index is -0.674. The predicted octanol–water partition coefficient (Wildman–Crippen LogP) is 3.95. The Morgan fingerprint density at radius 3 is 2.77 bits per heavy atom. The molecule has 0 aliphatic heterocycles. The summed E-state index contributed by atoms with van der Waals surface area (Å²) in [6.45, 7) is 4.82. The highest BCUT2D eigenvalue weighted by molar-refractivity contribution is 14.0. The number of ether oxygens (including phenoxy) is 1. The minimum Gasteiger partial charge on any atom is -0.497 e. The zero-order valence-corrected chi connectivity index (χ0v) is 19.9. The number of fused-ring (bicyclic) bond motifs is 1. The van der Waals surface area contributed by atoms with E-state index in [1.165, 1.54) is 10.9 Å². The maximum atomic E-state index is 10.4. The maximum Gasteiger partial charge on any atom is 0.191 e. The fourth-order valence-corrected chi connectivity index (χ4v) is 3.27. The van der Waals surface area contributed by atoms with Gasteiger partial charge in [0.25, 0.3) is 0 Å². The van der Waals surface area contributed by atoms with Crippen LogP contribution < -0.4 is 15.4 Å². The molecule has 0 saturated heterocycles. The van der Waals surface area contributed by atoms with Crippen LogP contribution in [0.2, 0.25) is 0 Å². The first-order valence-corrected chi connectivity index (χ1v) is 10.1. The molecule has 7 heteroatoms. The van der Waals surface area contributed by atoms with Crippen LogP contribution in [-0.2, 0) is 6.54 Å². The monoisotopic (exact) mass is 522 g/mol. The number of benzene rings is 2. The third-order valence-electron chi connectivity index (χ3n) is 4.79. The van der Waals surface area contributed by atoms with Gasteiger partial charge in [-0.2, -0.15) is 0 Å². The molecule has 1 unspecified atom stereocenters. The van der Waals surface area contributed by atoms with E-state index in [9.17, 15) is 5.11 Å². The third kappa shape index (κ3) is 6.63. The molecule has 0 bridgehead atoms. The van der Waals surface area contributed by atoms with Gasteiger partial charge in [0.2, 0.25) is 0 Å². The second-order valence-corrected chi connectivity index (χ2v) is 6.86. The standard InChI is InChI=1S/C23H30N4O2.HI/c1-3-24-23(26-17-22(28)19-9-6-10-20(16-19)29-2)25-13-7-14-27-15-12-18-8-4-5-11-21(18)27;/h4-6,8-12,15-16,22,28H,3,7,13-14,17H2,1-2H3,(H2,24,25,26);1H. The van der Waals surface area contributed by atoms with E-state index < -0.39 is 6.10 Å². The van der Waals surface area contributed by atoms with Gasteiger partial charge in [-0.3, -0.25) is 4.99 Å². The smallest absolute Gasteiger partial charge is 0.191 e. The molecule has 6 nitrogen and oxygen atoms in total. The van der Waals surface area contributed by atoms with Crippen molar-refractivity contribution in [2.75, 3.05) is 26.7 Å². The molecule has 0 amide bonds. The highest BCUT2D eigenvalue weighted by Crippen LogP contribution is 2.19. The Bertz CT molecular complexity index is 942. The molecular formula is C23H31IN4O2. The molecule has 0 aliphatic carbocycles. The van der Waals surface area contributed by atoms with Gasteiger partial charge in [0.1, 0.15) is 5.75 Å². The lowest BCUT2D eigenvalue weighted by atomic mass is 10.1. The Balaban J connectivity index is 0.00000320. The fourth-order valence-electron chi connectivity index (χ4n) is 3.27. The van der Waals surface area contributed by atoms with Crippen LogP contribution in [0, 0.1) is 0 Å².